The van der Waals surface area contributed by atoms with E-state index >= 15 is 0 Å². The Hall–Kier alpha value is -3.82. The summed E-state index contributed by atoms with van der Waals surface area (Å²) in [4.78, 5) is 17.5. The molecule has 1 saturated heterocycles. The molecule has 0 amide bonds. The second kappa shape index (κ2) is 12.1. The Kier molecular flexibility index (Phi) is 8.42. The number of ether oxygens (including phenoxy) is 1. The highest BCUT2D eigenvalue weighted by Gasteiger charge is 2.32. The number of rotatable bonds is 8. The van der Waals surface area contributed by atoms with Crippen LogP contribution in [-0.4, -0.2) is 35.4 Å². The first-order valence-electron chi connectivity index (χ1n) is 13.8. The van der Waals surface area contributed by atoms with Gasteiger partial charge in [0.05, 0.1) is 4.92 Å². The number of piperidine rings is 1. The average molecular weight is 555 g/mol. The zero-order valence-corrected chi connectivity index (χ0v) is 22.1. The Morgan fingerprint density at radius 3 is 2.55 bits per heavy atom. The Morgan fingerprint density at radius 2 is 1.77 bits per heavy atom. The van der Waals surface area contributed by atoms with Crippen molar-refractivity contribution in [1.82, 2.24) is 4.98 Å². The first-order valence-corrected chi connectivity index (χ1v) is 13.8. The fraction of sp³-hybridized carbons (Fsp3) is 0.433. The summed E-state index contributed by atoms with van der Waals surface area (Å²) >= 11 is 0. The van der Waals surface area contributed by atoms with E-state index in [0.717, 1.165) is 62.9 Å². The minimum Gasteiger partial charge on any atom is -0.406 e. The van der Waals surface area contributed by atoms with Gasteiger partial charge in [-0.15, -0.1) is 13.2 Å². The van der Waals surface area contributed by atoms with Crippen LogP contribution in [0.25, 0.3) is 11.1 Å². The molecular formula is C30H33F3N4O3. The van der Waals surface area contributed by atoms with E-state index < -0.39 is 6.36 Å². The van der Waals surface area contributed by atoms with E-state index in [4.69, 9.17) is 0 Å². The summed E-state index contributed by atoms with van der Waals surface area (Å²) in [5, 5.41) is 14.7. The van der Waals surface area contributed by atoms with Gasteiger partial charge in [-0.2, -0.15) is 0 Å². The van der Waals surface area contributed by atoms with Crippen LogP contribution in [0.3, 0.4) is 0 Å². The second-order valence-electron chi connectivity index (χ2n) is 10.8. The molecule has 40 heavy (non-hydrogen) atoms. The lowest BCUT2D eigenvalue weighted by atomic mass is 9.77. The molecule has 2 aliphatic rings. The molecule has 212 valence electrons. The van der Waals surface area contributed by atoms with Gasteiger partial charge in [0.25, 0.3) is 5.69 Å². The highest BCUT2D eigenvalue weighted by molar-refractivity contribution is 5.67. The smallest absolute Gasteiger partial charge is 0.406 e. The molecule has 0 spiro atoms. The SMILES string of the molecule is O=[N+]([O-])c1ccc(N2CCC[C@H](C[C@@H]3CCCC[C@H]3Nc3cc(-c4cccc(OC(F)(F)F)c4)ccn3)C2)cc1. The zero-order chi connectivity index (χ0) is 28.1. The number of pyridine rings is 1. The van der Waals surface area contributed by atoms with Crippen LogP contribution >= 0.6 is 0 Å². The summed E-state index contributed by atoms with van der Waals surface area (Å²) in [6.07, 6.45) is 4.81. The molecule has 1 aromatic heterocycles. The molecule has 0 unspecified atom stereocenters. The van der Waals surface area contributed by atoms with E-state index in [2.05, 4.69) is 19.9 Å². The molecule has 1 saturated carbocycles. The standard InChI is InChI=1S/C30H33F3N4O3/c31-30(32,33)40-27-8-3-7-22(18-27)23-14-15-34-29(19-23)35-28-9-2-1-6-24(28)17-21-5-4-16-36(20-21)25-10-12-26(13-11-25)37(38)39/h3,7-8,10-15,18-19,21,24,28H,1-2,4-6,9,16-17,20H2,(H,34,35)/t21-,24+,28-/m1/s1. The minimum atomic E-state index is -4.74. The fourth-order valence-corrected chi connectivity index (χ4v) is 6.14. The molecular weight excluding hydrogens is 521 g/mol. The number of nitrogens with one attached hydrogen (secondary N) is 1. The van der Waals surface area contributed by atoms with Crippen LogP contribution in [-0.2, 0) is 0 Å². The van der Waals surface area contributed by atoms with Gasteiger partial charge in [-0.25, -0.2) is 4.98 Å². The number of nitro benzene ring substituents is 1. The molecule has 0 bridgehead atoms. The van der Waals surface area contributed by atoms with Gasteiger partial charge in [0.15, 0.2) is 0 Å². The van der Waals surface area contributed by atoms with E-state index in [9.17, 15) is 23.3 Å². The van der Waals surface area contributed by atoms with Crippen molar-refractivity contribution in [2.45, 2.75) is 57.3 Å². The third-order valence-corrected chi connectivity index (χ3v) is 7.98. The summed E-state index contributed by atoms with van der Waals surface area (Å²) in [5.74, 6) is 1.49. The summed E-state index contributed by atoms with van der Waals surface area (Å²) < 4.78 is 42.1. The van der Waals surface area contributed by atoms with E-state index in [-0.39, 0.29) is 22.4 Å². The van der Waals surface area contributed by atoms with E-state index in [1.165, 1.54) is 18.6 Å². The zero-order valence-electron chi connectivity index (χ0n) is 22.1. The van der Waals surface area contributed by atoms with Crippen LogP contribution in [0.5, 0.6) is 5.75 Å². The van der Waals surface area contributed by atoms with E-state index in [1.807, 2.05) is 18.2 Å². The van der Waals surface area contributed by atoms with Crippen molar-refractivity contribution < 1.29 is 22.8 Å². The van der Waals surface area contributed by atoms with Gasteiger partial charge < -0.3 is 15.0 Å². The maximum Gasteiger partial charge on any atom is 0.573 e. The quantitative estimate of drug-likeness (QED) is 0.226. The largest absolute Gasteiger partial charge is 0.573 e. The predicted molar refractivity (Wildman–Crippen MR) is 148 cm³/mol. The summed E-state index contributed by atoms with van der Waals surface area (Å²) in [6, 6.07) is 16.7. The predicted octanol–water partition coefficient (Wildman–Crippen LogP) is 7.83. The molecule has 2 heterocycles. The van der Waals surface area contributed by atoms with Crippen LogP contribution in [0.4, 0.5) is 30.4 Å². The Balaban J connectivity index is 1.24. The van der Waals surface area contributed by atoms with Gasteiger partial charge in [0, 0.05) is 43.1 Å². The van der Waals surface area contributed by atoms with Crippen molar-refractivity contribution in [2.24, 2.45) is 11.8 Å². The lowest BCUT2D eigenvalue weighted by Crippen LogP contribution is -2.39. The summed E-state index contributed by atoms with van der Waals surface area (Å²) in [5.41, 5.74) is 2.53. The van der Waals surface area contributed by atoms with Crippen LogP contribution in [0, 0.1) is 22.0 Å². The summed E-state index contributed by atoms with van der Waals surface area (Å²) in [6.45, 7) is 1.89. The Labute approximate surface area is 231 Å². The number of anilines is 2. The van der Waals surface area contributed by atoms with E-state index in [1.54, 1.807) is 36.5 Å². The Morgan fingerprint density at radius 1 is 1.00 bits per heavy atom. The van der Waals surface area contributed by atoms with Crippen LogP contribution in [0.1, 0.15) is 44.9 Å². The van der Waals surface area contributed by atoms with Gasteiger partial charge in [-0.3, -0.25) is 10.1 Å². The molecule has 7 nitrogen and oxygen atoms in total. The number of hydrogen-bond acceptors (Lipinski definition) is 6. The maximum absolute atomic E-state index is 12.7. The first kappa shape index (κ1) is 27.7. The number of benzene rings is 2. The maximum atomic E-state index is 12.7. The molecule has 2 fully saturated rings. The first-order chi connectivity index (χ1) is 19.2. The van der Waals surface area contributed by atoms with Gasteiger partial charge in [0.2, 0.25) is 0 Å². The highest BCUT2D eigenvalue weighted by Crippen LogP contribution is 2.36. The molecule has 2 aromatic carbocycles. The van der Waals surface area contributed by atoms with Crippen molar-refractivity contribution in [3.8, 4) is 16.9 Å². The number of alkyl halides is 3. The molecule has 3 aromatic rings. The normalized spacial score (nSPS) is 21.6. The van der Waals surface area contributed by atoms with Gasteiger partial charge in [-0.05, 0) is 91.5 Å². The van der Waals surface area contributed by atoms with Crippen LogP contribution in [0.15, 0.2) is 66.9 Å². The molecule has 0 radical (unpaired) electrons. The van der Waals surface area contributed by atoms with Crippen LogP contribution in [0.2, 0.25) is 0 Å². The number of nitro groups is 1. The third-order valence-electron chi connectivity index (χ3n) is 7.98. The number of non-ortho nitro benzene ring substituents is 1. The van der Waals surface area contributed by atoms with Crippen LogP contribution < -0.4 is 15.0 Å². The highest BCUT2D eigenvalue weighted by atomic mass is 19.4. The second-order valence-corrected chi connectivity index (χ2v) is 10.8. The van der Waals surface area contributed by atoms with Crippen molar-refractivity contribution in [3.05, 3.63) is 77.0 Å². The molecule has 1 N–H and O–H groups in total. The van der Waals surface area contributed by atoms with Gasteiger partial charge >= 0.3 is 6.36 Å². The van der Waals surface area contributed by atoms with Crippen molar-refractivity contribution >= 4 is 17.2 Å². The van der Waals surface area contributed by atoms with Crippen molar-refractivity contribution in [1.29, 1.82) is 0 Å². The minimum absolute atomic E-state index is 0.105. The molecule has 1 aliphatic carbocycles. The molecule has 10 heteroatoms. The number of halogens is 3. The fourth-order valence-electron chi connectivity index (χ4n) is 6.14. The number of aromatic nitrogens is 1. The topological polar surface area (TPSA) is 80.5 Å². The van der Waals surface area contributed by atoms with Gasteiger partial charge in [0.1, 0.15) is 11.6 Å². The number of hydrogen-bond donors (Lipinski definition) is 1. The monoisotopic (exact) mass is 554 g/mol. The van der Waals surface area contributed by atoms with Gasteiger partial charge in [-0.1, -0.05) is 25.0 Å². The summed E-state index contributed by atoms with van der Waals surface area (Å²) in [7, 11) is 0. The third kappa shape index (κ3) is 7.22. The molecule has 5 rings (SSSR count). The number of nitrogens with zero attached hydrogens (tertiary/aromatic N) is 3. The average Bonchev–Trinajstić information content (AvgIpc) is 2.94. The van der Waals surface area contributed by atoms with Crippen molar-refractivity contribution in [3.63, 3.8) is 0 Å². The van der Waals surface area contributed by atoms with E-state index in [0.29, 0.717) is 23.2 Å². The lowest BCUT2D eigenvalue weighted by molar-refractivity contribution is -0.384. The lowest BCUT2D eigenvalue weighted by Gasteiger charge is -2.39. The Bertz CT molecular complexity index is 1300. The molecule has 3 atom stereocenters. The molecule has 1 aliphatic heterocycles. The van der Waals surface area contributed by atoms with Crippen molar-refractivity contribution in [2.75, 3.05) is 23.3 Å².